The monoisotopic (exact) mass is 1120 g/mol. The van der Waals surface area contributed by atoms with E-state index in [4.69, 9.17) is 0 Å². The summed E-state index contributed by atoms with van der Waals surface area (Å²) < 4.78 is 0. The van der Waals surface area contributed by atoms with E-state index < -0.39 is 15.8 Å². The Morgan fingerprint density at radius 1 is 0.365 bits per heavy atom. The zero-order valence-electron chi connectivity index (χ0n) is 36.8. The maximum atomic E-state index is 2.50. The largest absolute Gasteiger partial charge is 3.00 e. The van der Waals surface area contributed by atoms with Gasteiger partial charge in [-0.15, -0.1) is 0 Å². The van der Waals surface area contributed by atoms with E-state index in [0.717, 1.165) is 0 Å². The molecule has 0 unspecified atom stereocenters. The van der Waals surface area contributed by atoms with E-state index >= 15 is 0 Å². The molecule has 0 atom stereocenters. The van der Waals surface area contributed by atoms with Crippen LogP contribution in [-0.2, 0) is 39.0 Å². The van der Waals surface area contributed by atoms with Crippen LogP contribution in [-0.4, -0.2) is 24.5 Å². The normalized spacial score (nSPS) is 10.3. The molecule has 0 aliphatic heterocycles. The first-order valence-corrected chi connectivity index (χ1v) is 23.1. The predicted molar refractivity (Wildman–Crippen MR) is 257 cm³/mol. The van der Waals surface area contributed by atoms with Crippen molar-refractivity contribution in [1.29, 1.82) is 0 Å². The van der Waals surface area contributed by atoms with E-state index in [2.05, 4.69) is 223 Å². The SMILES string of the molecule is CCN(CC)CC.Cc1ccc(P(c2ccc(C)cc2)c2ccc3cccc(-c4c(P(c5ccc(C)cc5)c5ccc(C)cc5)ccc5ccccc45)c3c2)cc1.[Cl-].[Cl-].[Cl-].[Cl-].[Ru+3].[Ru+3]. The van der Waals surface area contributed by atoms with Crippen LogP contribution < -0.4 is 81.5 Å². The second-order valence-electron chi connectivity index (χ2n) is 15.0. The molecule has 8 rings (SSSR count). The van der Waals surface area contributed by atoms with Crippen molar-refractivity contribution in [1.82, 2.24) is 4.90 Å². The predicted octanol–water partition coefficient (Wildman–Crippen LogP) is -0.231. The van der Waals surface area contributed by atoms with Gasteiger partial charge in [-0.25, -0.2) is 0 Å². The first kappa shape index (κ1) is 58.5. The van der Waals surface area contributed by atoms with Crippen molar-refractivity contribution < 1.29 is 88.6 Å². The minimum absolute atomic E-state index is 0. The second-order valence-corrected chi connectivity index (χ2v) is 19.4. The zero-order valence-corrected chi connectivity index (χ0v) is 45.1. The molecule has 0 N–H and O–H groups in total. The van der Waals surface area contributed by atoms with Gasteiger partial charge in [-0.1, -0.05) is 207 Å². The Morgan fingerprint density at radius 3 is 1.16 bits per heavy atom. The quantitative estimate of drug-likeness (QED) is 0.136. The number of aryl methyl sites for hydroxylation is 4. The van der Waals surface area contributed by atoms with Crippen LogP contribution in [0.3, 0.4) is 0 Å². The molecule has 0 fully saturated rings. The summed E-state index contributed by atoms with van der Waals surface area (Å²) in [5.41, 5.74) is 7.78. The average Bonchev–Trinajstić information content (AvgIpc) is 3.24. The van der Waals surface area contributed by atoms with Crippen LogP contribution in [0.5, 0.6) is 0 Å². The minimum atomic E-state index is -0.838. The van der Waals surface area contributed by atoms with Crippen LogP contribution in [0, 0.1) is 27.7 Å². The number of rotatable bonds is 10. The van der Waals surface area contributed by atoms with Crippen LogP contribution in [0.4, 0.5) is 0 Å². The Hall–Kier alpha value is -2.49. The summed E-state index contributed by atoms with van der Waals surface area (Å²) in [5.74, 6) is 0. The molecule has 0 saturated carbocycles. The van der Waals surface area contributed by atoms with E-state index in [1.54, 1.807) is 0 Å². The fraction of sp³-hybridized carbons (Fsp3) is 0.185. The number of hydrogen-bond acceptors (Lipinski definition) is 1. The minimum Gasteiger partial charge on any atom is -1.00 e. The van der Waals surface area contributed by atoms with Gasteiger partial charge in [0, 0.05) is 0 Å². The Balaban J connectivity index is 0.00000141. The van der Waals surface area contributed by atoms with Gasteiger partial charge in [-0.3, -0.25) is 0 Å². The van der Waals surface area contributed by atoms with Crippen LogP contribution in [0.1, 0.15) is 43.0 Å². The molecule has 328 valence electrons. The number of halogens is 4. The molecule has 0 saturated heterocycles. The molecule has 0 amide bonds. The van der Waals surface area contributed by atoms with Gasteiger partial charge in [0.15, 0.2) is 0 Å². The van der Waals surface area contributed by atoms with Gasteiger partial charge in [-0.05, 0) is 134 Å². The maximum absolute atomic E-state index is 2.50. The summed E-state index contributed by atoms with van der Waals surface area (Å²) in [6.45, 7) is 18.8. The van der Waals surface area contributed by atoms with Crippen LogP contribution in [0.2, 0.25) is 0 Å². The molecule has 0 spiro atoms. The summed E-state index contributed by atoms with van der Waals surface area (Å²) in [5, 5.41) is 13.4. The summed E-state index contributed by atoms with van der Waals surface area (Å²) in [7, 11) is -1.59. The van der Waals surface area contributed by atoms with E-state index in [1.807, 2.05) is 0 Å². The fourth-order valence-electron chi connectivity index (χ4n) is 7.67. The van der Waals surface area contributed by atoms with Gasteiger partial charge >= 0.3 is 39.0 Å². The van der Waals surface area contributed by atoms with Crippen molar-refractivity contribution >= 4 is 69.2 Å². The Labute approximate surface area is 430 Å². The molecule has 9 heteroatoms. The Bertz CT molecular complexity index is 2490. The van der Waals surface area contributed by atoms with Gasteiger partial charge in [-0.2, -0.15) is 0 Å². The van der Waals surface area contributed by atoms with Gasteiger partial charge in [0.25, 0.3) is 0 Å². The molecule has 1 nitrogen and oxygen atoms in total. The first-order valence-electron chi connectivity index (χ1n) is 20.4. The molecule has 8 aromatic carbocycles. The van der Waals surface area contributed by atoms with Gasteiger partial charge in [0.05, 0.1) is 0 Å². The Kier molecular flexibility index (Phi) is 25.9. The number of hydrogen-bond donors (Lipinski definition) is 0. The van der Waals surface area contributed by atoms with Crippen LogP contribution in [0.15, 0.2) is 170 Å². The maximum Gasteiger partial charge on any atom is 3.00 e. The molecule has 0 aliphatic rings. The third-order valence-corrected chi connectivity index (χ3v) is 16.0. The zero-order chi connectivity index (χ0) is 39.9. The van der Waals surface area contributed by atoms with Crippen molar-refractivity contribution in [3.63, 3.8) is 0 Å². The number of benzene rings is 8. The molecule has 8 aromatic rings. The average molecular weight is 1120 g/mol. The van der Waals surface area contributed by atoms with Crippen molar-refractivity contribution in [2.75, 3.05) is 19.6 Å². The van der Waals surface area contributed by atoms with E-state index in [9.17, 15) is 0 Å². The summed E-state index contributed by atoms with van der Waals surface area (Å²) in [6.07, 6.45) is 0. The molecule has 0 aromatic heterocycles. The molecule has 0 aliphatic carbocycles. The smallest absolute Gasteiger partial charge is 1.00 e. The third-order valence-electron chi connectivity index (χ3n) is 11.1. The van der Waals surface area contributed by atoms with Crippen molar-refractivity contribution in [2.45, 2.75) is 48.5 Å². The number of nitrogens with zero attached hydrogens (tertiary/aromatic N) is 1. The first-order chi connectivity index (χ1) is 27.8. The van der Waals surface area contributed by atoms with Crippen molar-refractivity contribution in [2.24, 2.45) is 0 Å². The summed E-state index contributed by atoms with van der Waals surface area (Å²) in [4.78, 5) is 2.38. The summed E-state index contributed by atoms with van der Waals surface area (Å²) >= 11 is 0. The molecule has 2 radical (unpaired) electrons. The molecule has 0 bridgehead atoms. The third kappa shape index (κ3) is 14.0. The Morgan fingerprint density at radius 2 is 0.730 bits per heavy atom. The van der Waals surface area contributed by atoms with Gasteiger partial charge in [0.1, 0.15) is 0 Å². The molecule has 0 heterocycles. The molecule has 63 heavy (non-hydrogen) atoms. The standard InChI is InChI=1S/C48H40P2.C6H15N.4ClH.2Ru/c1-33-12-22-39(23-13-33)49(40-24-14-34(2)15-25-40)43-30-20-38-9-7-11-45(46(38)32-43)48-44-10-6-5-8-37(44)21-31-47(48)50(41-26-16-35(3)17-27-41)42-28-18-36(4)19-29-42;1-4-7(5-2)6-3;;;;;;/h5-32H,1-4H3;4-6H2,1-3H3;4*1H;;/q;;;;;;2*+3/p-4. The van der Waals surface area contributed by atoms with Gasteiger partial charge in [0.2, 0.25) is 0 Å². The topological polar surface area (TPSA) is 3.24 Å². The van der Waals surface area contributed by atoms with E-state index in [-0.39, 0.29) is 88.6 Å². The van der Waals surface area contributed by atoms with Crippen molar-refractivity contribution in [3.8, 4) is 11.1 Å². The summed E-state index contributed by atoms with van der Waals surface area (Å²) in [6, 6.07) is 64.5. The number of fused-ring (bicyclic) bond motifs is 2. The second kappa shape index (κ2) is 27.9. The van der Waals surface area contributed by atoms with E-state index in [0.29, 0.717) is 0 Å². The van der Waals surface area contributed by atoms with Crippen LogP contribution >= 0.6 is 15.8 Å². The molecular formula is C54H55Cl4NP2Ru2+2. The van der Waals surface area contributed by atoms with E-state index in [1.165, 1.54) is 106 Å². The molecular weight excluding hydrogens is 1070 g/mol. The van der Waals surface area contributed by atoms with Gasteiger partial charge < -0.3 is 54.5 Å². The van der Waals surface area contributed by atoms with Crippen LogP contribution in [0.25, 0.3) is 32.7 Å². The fourth-order valence-corrected chi connectivity index (χ4v) is 12.4. The van der Waals surface area contributed by atoms with Crippen molar-refractivity contribution in [3.05, 3.63) is 192 Å².